The summed E-state index contributed by atoms with van der Waals surface area (Å²) in [5.41, 5.74) is 3.91. The first-order valence-corrected chi connectivity index (χ1v) is 11.0. The molecule has 162 valence electrons. The van der Waals surface area contributed by atoms with Crippen LogP contribution in [0.4, 0.5) is 5.69 Å². The summed E-state index contributed by atoms with van der Waals surface area (Å²) in [5, 5.41) is 5.03. The van der Waals surface area contributed by atoms with Gasteiger partial charge in [-0.2, -0.15) is 0 Å². The number of nitrogens with zero attached hydrogens (tertiary/aromatic N) is 1. The van der Waals surface area contributed by atoms with Gasteiger partial charge in [-0.3, -0.25) is 9.59 Å². The zero-order chi connectivity index (χ0) is 22.1. The van der Waals surface area contributed by atoms with E-state index in [1.54, 1.807) is 29.2 Å². The number of nitrogens with one attached hydrogen (secondary N) is 1. The van der Waals surface area contributed by atoms with E-state index in [1.807, 2.05) is 13.8 Å². The van der Waals surface area contributed by atoms with Crippen LogP contribution in [-0.2, 0) is 11.2 Å². The molecule has 2 rings (SSSR count). The van der Waals surface area contributed by atoms with Crippen LogP contribution in [0.2, 0.25) is 0 Å². The van der Waals surface area contributed by atoms with Gasteiger partial charge in [-0.25, -0.2) is 0 Å². The maximum Gasteiger partial charge on any atom is 0.279 e. The number of quaternary nitrogens is 1. The predicted molar refractivity (Wildman–Crippen MR) is 123 cm³/mol. The van der Waals surface area contributed by atoms with E-state index in [-0.39, 0.29) is 17.9 Å². The maximum absolute atomic E-state index is 12.5. The second-order valence-electron chi connectivity index (χ2n) is 7.91. The summed E-state index contributed by atoms with van der Waals surface area (Å²) < 4.78 is 0. The largest absolute Gasteiger partial charge is 0.339 e. The van der Waals surface area contributed by atoms with E-state index in [0.717, 1.165) is 6.42 Å². The van der Waals surface area contributed by atoms with E-state index in [9.17, 15) is 9.59 Å². The SMILES string of the molecule is CCc1ccc([C@H]([NH2+]CC(=O)Nc2ccc(C(=O)N(CC)CC)cc2)C(C)C)cc1. The van der Waals surface area contributed by atoms with Gasteiger partial charge in [-0.1, -0.05) is 45.0 Å². The van der Waals surface area contributed by atoms with Crippen molar-refractivity contribution >= 4 is 17.5 Å². The number of anilines is 1. The molecule has 0 fully saturated rings. The van der Waals surface area contributed by atoms with Crippen molar-refractivity contribution in [1.29, 1.82) is 0 Å². The van der Waals surface area contributed by atoms with Crippen LogP contribution in [0.5, 0.6) is 0 Å². The number of benzene rings is 2. The zero-order valence-corrected chi connectivity index (χ0v) is 18.9. The van der Waals surface area contributed by atoms with Crippen molar-refractivity contribution in [1.82, 2.24) is 4.90 Å². The third-order valence-electron chi connectivity index (χ3n) is 5.51. The van der Waals surface area contributed by atoms with Crippen molar-refractivity contribution in [2.75, 3.05) is 25.0 Å². The molecule has 0 aromatic heterocycles. The lowest BCUT2D eigenvalue weighted by Gasteiger charge is -2.20. The van der Waals surface area contributed by atoms with Gasteiger partial charge in [0.1, 0.15) is 6.04 Å². The van der Waals surface area contributed by atoms with Crippen LogP contribution in [-0.4, -0.2) is 36.3 Å². The van der Waals surface area contributed by atoms with Crippen molar-refractivity contribution in [2.45, 2.75) is 47.1 Å². The molecule has 0 spiro atoms. The smallest absolute Gasteiger partial charge is 0.279 e. The second-order valence-corrected chi connectivity index (χ2v) is 7.91. The first-order valence-electron chi connectivity index (χ1n) is 11.0. The van der Waals surface area contributed by atoms with E-state index in [1.165, 1.54) is 11.1 Å². The minimum absolute atomic E-state index is 0.0140. The van der Waals surface area contributed by atoms with E-state index < -0.39 is 0 Å². The van der Waals surface area contributed by atoms with Crippen molar-refractivity contribution in [3.63, 3.8) is 0 Å². The van der Waals surface area contributed by atoms with E-state index in [4.69, 9.17) is 0 Å². The Morgan fingerprint density at radius 2 is 1.53 bits per heavy atom. The van der Waals surface area contributed by atoms with Gasteiger partial charge in [0.2, 0.25) is 0 Å². The Kier molecular flexibility index (Phi) is 9.06. The average Bonchev–Trinajstić information content (AvgIpc) is 2.75. The van der Waals surface area contributed by atoms with Gasteiger partial charge in [0.25, 0.3) is 11.8 Å². The Morgan fingerprint density at radius 1 is 0.933 bits per heavy atom. The Morgan fingerprint density at radius 3 is 2.03 bits per heavy atom. The van der Waals surface area contributed by atoms with Gasteiger partial charge in [0.15, 0.2) is 6.54 Å². The lowest BCUT2D eigenvalue weighted by Crippen LogP contribution is -2.88. The van der Waals surface area contributed by atoms with Gasteiger partial charge in [0.05, 0.1) is 0 Å². The van der Waals surface area contributed by atoms with E-state index in [2.05, 4.69) is 55.7 Å². The summed E-state index contributed by atoms with van der Waals surface area (Å²) >= 11 is 0. The average molecular weight is 411 g/mol. The van der Waals surface area contributed by atoms with Crippen LogP contribution in [0.25, 0.3) is 0 Å². The Bertz CT molecular complexity index is 809. The number of hydrogen-bond donors (Lipinski definition) is 2. The number of nitrogens with two attached hydrogens (primary N) is 1. The van der Waals surface area contributed by atoms with Crippen LogP contribution in [0.15, 0.2) is 48.5 Å². The van der Waals surface area contributed by atoms with Gasteiger partial charge in [-0.05, 0) is 50.1 Å². The summed E-state index contributed by atoms with van der Waals surface area (Å²) in [6.45, 7) is 12.2. The molecule has 1 atom stereocenters. The molecule has 3 N–H and O–H groups in total. The highest BCUT2D eigenvalue weighted by Gasteiger charge is 2.20. The minimum Gasteiger partial charge on any atom is -0.339 e. The Hall–Kier alpha value is -2.66. The summed E-state index contributed by atoms with van der Waals surface area (Å²) in [5.74, 6) is 0.379. The van der Waals surface area contributed by atoms with Crippen molar-refractivity contribution in [3.8, 4) is 0 Å². The molecule has 0 heterocycles. The van der Waals surface area contributed by atoms with Crippen molar-refractivity contribution < 1.29 is 14.9 Å². The second kappa shape index (κ2) is 11.5. The summed E-state index contributed by atoms with van der Waals surface area (Å²) in [4.78, 5) is 26.6. The first-order chi connectivity index (χ1) is 14.4. The highest BCUT2D eigenvalue weighted by atomic mass is 16.2. The Balaban J connectivity index is 1.94. The third kappa shape index (κ3) is 6.42. The molecule has 0 unspecified atom stereocenters. The molecule has 30 heavy (non-hydrogen) atoms. The molecule has 0 saturated carbocycles. The summed E-state index contributed by atoms with van der Waals surface area (Å²) in [6.07, 6.45) is 1.03. The van der Waals surface area contributed by atoms with Gasteiger partial charge < -0.3 is 15.5 Å². The molecular weight excluding hydrogens is 374 g/mol. The molecule has 5 nitrogen and oxygen atoms in total. The molecule has 0 aliphatic heterocycles. The molecule has 0 aliphatic carbocycles. The van der Waals surface area contributed by atoms with E-state index in [0.29, 0.717) is 36.8 Å². The fraction of sp³-hybridized carbons (Fsp3) is 0.440. The number of carbonyl (C=O) groups is 2. The van der Waals surface area contributed by atoms with Gasteiger partial charge >= 0.3 is 0 Å². The lowest BCUT2D eigenvalue weighted by atomic mass is 9.95. The standard InChI is InChI=1S/C25H35N3O2/c1-6-19-9-11-20(12-10-19)24(18(4)5)26-17-23(29)27-22-15-13-21(14-16-22)25(30)28(7-2)8-3/h9-16,18,24,26H,6-8,17H2,1-5H3,(H,27,29)/p+1/t24-/m1/s1. The first kappa shape index (κ1) is 23.6. The minimum atomic E-state index is -0.0475. The Labute approximate surface area is 180 Å². The highest BCUT2D eigenvalue weighted by Crippen LogP contribution is 2.18. The lowest BCUT2D eigenvalue weighted by molar-refractivity contribution is -0.692. The van der Waals surface area contributed by atoms with Gasteiger partial charge in [-0.15, -0.1) is 0 Å². The molecule has 0 radical (unpaired) electrons. The fourth-order valence-corrected chi connectivity index (χ4v) is 3.60. The number of amides is 2. The molecule has 2 amide bonds. The molecule has 2 aromatic carbocycles. The molecule has 2 aromatic rings. The van der Waals surface area contributed by atoms with Crippen LogP contribution >= 0.6 is 0 Å². The zero-order valence-electron chi connectivity index (χ0n) is 18.9. The number of rotatable bonds is 10. The fourth-order valence-electron chi connectivity index (χ4n) is 3.60. The number of aryl methyl sites for hydroxylation is 1. The third-order valence-corrected chi connectivity index (χ3v) is 5.51. The normalized spacial score (nSPS) is 11.9. The topological polar surface area (TPSA) is 66.0 Å². The van der Waals surface area contributed by atoms with Crippen LogP contribution < -0.4 is 10.6 Å². The monoisotopic (exact) mass is 410 g/mol. The van der Waals surface area contributed by atoms with Crippen LogP contribution in [0.3, 0.4) is 0 Å². The number of carbonyl (C=O) groups excluding carboxylic acids is 2. The van der Waals surface area contributed by atoms with Crippen LogP contribution in [0, 0.1) is 5.92 Å². The predicted octanol–water partition coefficient (Wildman–Crippen LogP) is 3.63. The molecule has 0 aliphatic rings. The van der Waals surface area contributed by atoms with E-state index >= 15 is 0 Å². The van der Waals surface area contributed by atoms with Crippen LogP contribution in [0.1, 0.15) is 62.1 Å². The number of hydrogen-bond acceptors (Lipinski definition) is 2. The molecule has 0 saturated heterocycles. The highest BCUT2D eigenvalue weighted by molar-refractivity contribution is 5.96. The van der Waals surface area contributed by atoms with Crippen molar-refractivity contribution in [3.05, 3.63) is 65.2 Å². The quantitative estimate of drug-likeness (QED) is 0.628. The summed E-state index contributed by atoms with van der Waals surface area (Å²) in [7, 11) is 0. The molecular formula is C25H36N3O2+. The molecule has 0 bridgehead atoms. The molecule has 5 heteroatoms. The van der Waals surface area contributed by atoms with Crippen molar-refractivity contribution in [2.24, 2.45) is 5.92 Å². The maximum atomic E-state index is 12.5. The summed E-state index contributed by atoms with van der Waals surface area (Å²) in [6, 6.07) is 16.0. The van der Waals surface area contributed by atoms with Gasteiger partial charge in [0, 0.05) is 35.8 Å².